The molecule has 5 N–H and O–H groups in total. The topological polar surface area (TPSA) is 91.0 Å². The van der Waals surface area contributed by atoms with Crippen molar-refractivity contribution in [2.24, 2.45) is 5.84 Å². The fourth-order valence-electron chi connectivity index (χ4n) is 2.81. The molecule has 1 aliphatic rings. The second kappa shape index (κ2) is 5.85. The average molecular weight is 349 g/mol. The molecule has 0 aliphatic carbocycles. The maximum atomic E-state index is 12.5. The number of halogens is 2. The van der Waals surface area contributed by atoms with Gasteiger partial charge in [-0.2, -0.15) is 0 Å². The van der Waals surface area contributed by atoms with Gasteiger partial charge >= 0.3 is 0 Å². The lowest BCUT2D eigenvalue weighted by Crippen LogP contribution is -2.59. The summed E-state index contributed by atoms with van der Waals surface area (Å²) in [5.74, 6) is 4.87. The van der Waals surface area contributed by atoms with Crippen molar-refractivity contribution in [2.75, 3.05) is 5.32 Å². The number of amides is 1. The summed E-state index contributed by atoms with van der Waals surface area (Å²) in [5.41, 5.74) is 3.11. The van der Waals surface area contributed by atoms with Crippen molar-refractivity contribution >= 4 is 40.5 Å². The standard InChI is InChI=1S/C16H14Cl2N4O/c17-11-3-1-2-9(6-11)14(19)16(15(23)22-20)8-10-7-12(18)4-5-13(10)21-16/h1-7,19,21H,8,20H2,(H,22,23). The van der Waals surface area contributed by atoms with Gasteiger partial charge in [-0.1, -0.05) is 35.3 Å². The van der Waals surface area contributed by atoms with Crippen LogP contribution in [0.25, 0.3) is 0 Å². The fraction of sp³-hybridized carbons (Fsp3) is 0.125. The Morgan fingerprint density at radius 1 is 1.22 bits per heavy atom. The summed E-state index contributed by atoms with van der Waals surface area (Å²) >= 11 is 12.0. The van der Waals surface area contributed by atoms with Gasteiger partial charge in [-0.25, -0.2) is 5.84 Å². The van der Waals surface area contributed by atoms with Gasteiger partial charge in [-0.15, -0.1) is 0 Å². The number of nitrogens with one attached hydrogen (secondary N) is 3. The van der Waals surface area contributed by atoms with Gasteiger partial charge in [0.25, 0.3) is 5.91 Å². The van der Waals surface area contributed by atoms with Gasteiger partial charge < -0.3 is 10.7 Å². The number of hydrogen-bond acceptors (Lipinski definition) is 4. The summed E-state index contributed by atoms with van der Waals surface area (Å²) in [6.45, 7) is 0. The van der Waals surface area contributed by atoms with Crippen molar-refractivity contribution < 1.29 is 4.79 Å². The van der Waals surface area contributed by atoms with E-state index in [1.165, 1.54) is 0 Å². The van der Waals surface area contributed by atoms with E-state index in [2.05, 4.69) is 10.7 Å². The lowest BCUT2D eigenvalue weighted by Gasteiger charge is -2.29. The van der Waals surface area contributed by atoms with Gasteiger partial charge in [0.2, 0.25) is 0 Å². The highest BCUT2D eigenvalue weighted by Crippen LogP contribution is 2.36. The van der Waals surface area contributed by atoms with Crippen molar-refractivity contribution in [3.05, 3.63) is 63.6 Å². The second-order valence-electron chi connectivity index (χ2n) is 5.37. The van der Waals surface area contributed by atoms with Crippen LogP contribution in [-0.2, 0) is 11.2 Å². The van der Waals surface area contributed by atoms with Crippen molar-refractivity contribution in [3.8, 4) is 0 Å². The molecule has 2 aromatic rings. The van der Waals surface area contributed by atoms with Gasteiger partial charge in [-0.3, -0.25) is 10.2 Å². The van der Waals surface area contributed by atoms with E-state index in [9.17, 15) is 4.79 Å². The first-order valence-electron chi connectivity index (χ1n) is 6.89. The Labute approximate surface area is 143 Å². The van der Waals surface area contributed by atoms with Crippen LogP contribution in [0.15, 0.2) is 42.5 Å². The monoisotopic (exact) mass is 348 g/mol. The molecular weight excluding hydrogens is 335 g/mol. The van der Waals surface area contributed by atoms with Crippen LogP contribution < -0.4 is 16.6 Å². The fourth-order valence-corrected chi connectivity index (χ4v) is 3.19. The first-order valence-corrected chi connectivity index (χ1v) is 7.64. The molecule has 1 atom stereocenters. The Bertz CT molecular complexity index is 808. The molecule has 0 fully saturated rings. The average Bonchev–Trinajstić information content (AvgIpc) is 2.93. The first kappa shape index (κ1) is 15.8. The van der Waals surface area contributed by atoms with Crippen molar-refractivity contribution in [3.63, 3.8) is 0 Å². The van der Waals surface area contributed by atoms with Gasteiger partial charge in [0.15, 0.2) is 5.54 Å². The molecule has 118 valence electrons. The van der Waals surface area contributed by atoms with Crippen LogP contribution in [0.3, 0.4) is 0 Å². The van der Waals surface area contributed by atoms with Gasteiger partial charge in [0.05, 0.1) is 5.71 Å². The van der Waals surface area contributed by atoms with E-state index in [-0.39, 0.29) is 12.1 Å². The molecule has 0 radical (unpaired) electrons. The number of rotatable bonds is 3. The third kappa shape index (κ3) is 2.67. The van der Waals surface area contributed by atoms with E-state index in [1.807, 2.05) is 0 Å². The van der Waals surface area contributed by atoms with Crippen LogP contribution in [0.4, 0.5) is 5.69 Å². The molecule has 5 nitrogen and oxygen atoms in total. The highest BCUT2D eigenvalue weighted by Gasteiger charge is 2.47. The minimum absolute atomic E-state index is 0.0928. The Morgan fingerprint density at radius 3 is 2.65 bits per heavy atom. The SMILES string of the molecule is N=C(c1cccc(Cl)c1)C1(C(=O)NN)Cc2cc(Cl)ccc2N1. The minimum Gasteiger partial charge on any atom is -0.366 e. The molecule has 0 saturated heterocycles. The zero-order chi connectivity index (χ0) is 16.6. The predicted molar refractivity (Wildman–Crippen MR) is 92.1 cm³/mol. The minimum atomic E-state index is -1.30. The van der Waals surface area contributed by atoms with Crippen LogP contribution in [0.5, 0.6) is 0 Å². The molecule has 0 saturated carbocycles. The van der Waals surface area contributed by atoms with Crippen LogP contribution in [0.1, 0.15) is 11.1 Å². The summed E-state index contributed by atoms with van der Waals surface area (Å²) in [7, 11) is 0. The van der Waals surface area contributed by atoms with E-state index in [1.54, 1.807) is 42.5 Å². The molecule has 0 spiro atoms. The molecule has 23 heavy (non-hydrogen) atoms. The molecule has 3 rings (SSSR count). The normalized spacial score (nSPS) is 18.9. The highest BCUT2D eigenvalue weighted by atomic mass is 35.5. The number of nitrogens with two attached hydrogens (primary N) is 1. The summed E-state index contributed by atoms with van der Waals surface area (Å²) in [4.78, 5) is 12.5. The number of hydrazine groups is 1. The molecule has 2 aromatic carbocycles. The zero-order valence-electron chi connectivity index (χ0n) is 12.0. The summed E-state index contributed by atoms with van der Waals surface area (Å²) in [6, 6.07) is 12.1. The van der Waals surface area contributed by atoms with Crippen LogP contribution in [-0.4, -0.2) is 17.2 Å². The second-order valence-corrected chi connectivity index (χ2v) is 6.24. The summed E-state index contributed by atoms with van der Waals surface area (Å²) < 4.78 is 0. The Morgan fingerprint density at radius 2 is 1.96 bits per heavy atom. The van der Waals surface area contributed by atoms with E-state index >= 15 is 0 Å². The predicted octanol–water partition coefficient (Wildman–Crippen LogP) is 2.76. The Balaban J connectivity index is 2.07. The lowest BCUT2D eigenvalue weighted by molar-refractivity contribution is -0.123. The van der Waals surface area contributed by atoms with E-state index in [0.717, 1.165) is 11.3 Å². The van der Waals surface area contributed by atoms with Crippen LogP contribution in [0, 0.1) is 5.41 Å². The first-order chi connectivity index (χ1) is 11.0. The number of carbonyl (C=O) groups excluding carboxylic acids is 1. The molecule has 1 unspecified atom stereocenters. The third-order valence-corrected chi connectivity index (χ3v) is 4.40. The largest absolute Gasteiger partial charge is 0.366 e. The number of fused-ring (bicyclic) bond motifs is 1. The molecule has 0 aromatic heterocycles. The number of anilines is 1. The highest BCUT2D eigenvalue weighted by molar-refractivity contribution is 6.32. The third-order valence-electron chi connectivity index (χ3n) is 3.93. The summed E-state index contributed by atoms with van der Waals surface area (Å²) in [5, 5.41) is 12.8. The molecule has 1 aliphatic heterocycles. The van der Waals surface area contributed by atoms with E-state index in [4.69, 9.17) is 34.5 Å². The molecule has 7 heteroatoms. The zero-order valence-corrected chi connectivity index (χ0v) is 13.5. The smallest absolute Gasteiger partial charge is 0.266 e. The number of carbonyl (C=O) groups is 1. The Hall–Kier alpha value is -2.08. The molecule has 1 heterocycles. The number of hydrogen-bond donors (Lipinski definition) is 4. The van der Waals surface area contributed by atoms with Crippen LogP contribution >= 0.6 is 23.2 Å². The van der Waals surface area contributed by atoms with Gasteiger partial charge in [0, 0.05) is 22.2 Å². The lowest BCUT2D eigenvalue weighted by atomic mass is 9.85. The maximum Gasteiger partial charge on any atom is 0.266 e. The van der Waals surface area contributed by atoms with Gasteiger partial charge in [-0.05, 0) is 41.5 Å². The number of benzene rings is 2. The molecule has 1 amide bonds. The van der Waals surface area contributed by atoms with Crippen molar-refractivity contribution in [2.45, 2.75) is 12.0 Å². The quantitative estimate of drug-likeness (QED) is 0.297. The van der Waals surface area contributed by atoms with Crippen molar-refractivity contribution in [1.29, 1.82) is 5.41 Å². The molecule has 0 bridgehead atoms. The van der Waals surface area contributed by atoms with Crippen LogP contribution in [0.2, 0.25) is 10.0 Å². The van der Waals surface area contributed by atoms with Crippen molar-refractivity contribution in [1.82, 2.24) is 5.43 Å². The van der Waals surface area contributed by atoms with E-state index < -0.39 is 11.4 Å². The Kier molecular flexibility index (Phi) is 4.02. The van der Waals surface area contributed by atoms with Gasteiger partial charge in [0.1, 0.15) is 0 Å². The van der Waals surface area contributed by atoms with E-state index in [0.29, 0.717) is 15.6 Å². The summed E-state index contributed by atoms with van der Waals surface area (Å²) in [6.07, 6.45) is 0.275. The molecular formula is C16H14Cl2N4O. The maximum absolute atomic E-state index is 12.5.